The van der Waals surface area contributed by atoms with Crippen LogP contribution in [0.25, 0.3) is 0 Å². The monoisotopic (exact) mass is 265 g/mol. The number of rotatable bonds is 4. The molecule has 3 atom stereocenters. The first-order valence-corrected chi connectivity index (χ1v) is 6.42. The fourth-order valence-corrected chi connectivity index (χ4v) is 2.50. The number of nitrogens with one attached hydrogen (secondary N) is 1. The first-order chi connectivity index (χ1) is 9.18. The molecule has 0 saturated carbocycles. The number of carboxylic acid groups (broad SMARTS) is 1. The van der Waals surface area contributed by atoms with E-state index in [1.54, 1.807) is 0 Å². The third-order valence-electron chi connectivity index (χ3n) is 3.32. The van der Waals surface area contributed by atoms with Crippen LogP contribution in [0, 0.1) is 0 Å². The van der Waals surface area contributed by atoms with E-state index in [-0.39, 0.29) is 18.1 Å². The van der Waals surface area contributed by atoms with Gasteiger partial charge in [-0.2, -0.15) is 0 Å². The number of hydrogen-bond acceptors (Lipinski definition) is 3. The Morgan fingerprint density at radius 1 is 1.37 bits per heavy atom. The molecule has 19 heavy (non-hydrogen) atoms. The van der Waals surface area contributed by atoms with Gasteiger partial charge in [0.15, 0.2) is 0 Å². The van der Waals surface area contributed by atoms with Crippen LogP contribution < -0.4 is 5.32 Å². The van der Waals surface area contributed by atoms with Crippen molar-refractivity contribution < 1.29 is 19.4 Å². The van der Waals surface area contributed by atoms with E-state index < -0.39 is 6.09 Å². The lowest BCUT2D eigenvalue weighted by Gasteiger charge is -2.34. The molecule has 1 aromatic rings. The topological polar surface area (TPSA) is 67.8 Å². The highest BCUT2D eigenvalue weighted by Gasteiger charge is 2.31. The number of amides is 1. The molecule has 1 heterocycles. The standard InChI is InChI=1S/C14H19NO4/c1-10(15-14(16)17)13(11-5-3-2-4-6-11)12-9-18-7-8-19-12/h2-6,10,12-13,15H,7-9H2,1H3,(H,16,17). The maximum Gasteiger partial charge on any atom is 0.404 e. The van der Waals surface area contributed by atoms with Gasteiger partial charge in [0.2, 0.25) is 0 Å². The Labute approximate surface area is 112 Å². The van der Waals surface area contributed by atoms with Gasteiger partial charge in [-0.1, -0.05) is 30.3 Å². The fourth-order valence-electron chi connectivity index (χ4n) is 2.50. The summed E-state index contributed by atoms with van der Waals surface area (Å²) in [6.45, 7) is 3.49. The van der Waals surface area contributed by atoms with Crippen LogP contribution in [0.5, 0.6) is 0 Å². The summed E-state index contributed by atoms with van der Waals surface area (Å²) >= 11 is 0. The Kier molecular flexibility index (Phi) is 4.76. The van der Waals surface area contributed by atoms with Crippen molar-refractivity contribution in [3.8, 4) is 0 Å². The second-order valence-electron chi connectivity index (χ2n) is 4.66. The van der Waals surface area contributed by atoms with Gasteiger partial charge in [-0.25, -0.2) is 4.79 Å². The Hall–Kier alpha value is -1.59. The number of benzene rings is 1. The molecule has 1 fully saturated rings. The highest BCUT2D eigenvalue weighted by atomic mass is 16.6. The van der Waals surface area contributed by atoms with Crippen LogP contribution in [0.3, 0.4) is 0 Å². The number of ether oxygens (including phenoxy) is 2. The van der Waals surface area contributed by atoms with Crippen LogP contribution in [-0.2, 0) is 9.47 Å². The van der Waals surface area contributed by atoms with Crippen molar-refractivity contribution >= 4 is 6.09 Å². The van der Waals surface area contributed by atoms with Gasteiger partial charge >= 0.3 is 6.09 Å². The fraction of sp³-hybridized carbons (Fsp3) is 0.500. The number of hydrogen-bond donors (Lipinski definition) is 2. The molecule has 2 N–H and O–H groups in total. The van der Waals surface area contributed by atoms with Crippen molar-refractivity contribution in [3.05, 3.63) is 35.9 Å². The summed E-state index contributed by atoms with van der Waals surface area (Å²) < 4.78 is 11.2. The SMILES string of the molecule is CC(NC(=O)O)C(c1ccccc1)C1COCCO1. The molecule has 0 aliphatic carbocycles. The van der Waals surface area contributed by atoms with Crippen molar-refractivity contribution in [3.63, 3.8) is 0 Å². The van der Waals surface area contributed by atoms with E-state index in [0.29, 0.717) is 19.8 Å². The summed E-state index contributed by atoms with van der Waals surface area (Å²) in [7, 11) is 0. The molecule has 1 aliphatic rings. The Morgan fingerprint density at radius 3 is 2.68 bits per heavy atom. The quantitative estimate of drug-likeness (QED) is 0.871. The van der Waals surface area contributed by atoms with Crippen LogP contribution in [-0.4, -0.2) is 43.2 Å². The van der Waals surface area contributed by atoms with Crippen molar-refractivity contribution in [2.45, 2.75) is 25.0 Å². The van der Waals surface area contributed by atoms with Crippen LogP contribution in [0.15, 0.2) is 30.3 Å². The minimum atomic E-state index is -1.02. The molecule has 1 amide bonds. The summed E-state index contributed by atoms with van der Waals surface area (Å²) in [5.74, 6) is -0.0578. The highest BCUT2D eigenvalue weighted by Crippen LogP contribution is 2.27. The Balaban J connectivity index is 2.19. The van der Waals surface area contributed by atoms with E-state index in [1.165, 1.54) is 0 Å². The second kappa shape index (κ2) is 6.54. The van der Waals surface area contributed by atoms with Gasteiger partial charge in [-0.3, -0.25) is 0 Å². The van der Waals surface area contributed by atoms with Crippen molar-refractivity contribution in [1.82, 2.24) is 5.32 Å². The first-order valence-electron chi connectivity index (χ1n) is 6.42. The van der Waals surface area contributed by atoms with Crippen molar-refractivity contribution in [1.29, 1.82) is 0 Å². The summed E-state index contributed by atoms with van der Waals surface area (Å²) in [5.41, 5.74) is 1.05. The molecule has 104 valence electrons. The van der Waals surface area contributed by atoms with E-state index in [2.05, 4.69) is 5.32 Å². The lowest BCUT2D eigenvalue weighted by Crippen LogP contribution is -2.45. The van der Waals surface area contributed by atoms with Crippen LogP contribution in [0.2, 0.25) is 0 Å². The zero-order valence-corrected chi connectivity index (χ0v) is 10.9. The lowest BCUT2D eigenvalue weighted by atomic mass is 9.87. The summed E-state index contributed by atoms with van der Waals surface area (Å²) in [6.07, 6.45) is -1.15. The van der Waals surface area contributed by atoms with E-state index in [1.807, 2.05) is 37.3 Å². The largest absolute Gasteiger partial charge is 0.465 e. The molecule has 5 heteroatoms. The van der Waals surface area contributed by atoms with Gasteiger partial charge in [0.1, 0.15) is 0 Å². The minimum absolute atomic E-state index is 0.0578. The lowest BCUT2D eigenvalue weighted by molar-refractivity contribution is -0.101. The molecule has 0 aromatic heterocycles. The van der Waals surface area contributed by atoms with Gasteiger partial charge in [-0.15, -0.1) is 0 Å². The summed E-state index contributed by atoms with van der Waals surface area (Å²) in [6, 6.07) is 9.56. The zero-order chi connectivity index (χ0) is 13.7. The van der Waals surface area contributed by atoms with Gasteiger partial charge in [0.25, 0.3) is 0 Å². The predicted molar refractivity (Wildman–Crippen MR) is 70.4 cm³/mol. The molecule has 2 rings (SSSR count). The van der Waals surface area contributed by atoms with E-state index >= 15 is 0 Å². The molecule has 0 spiro atoms. The average molecular weight is 265 g/mol. The molecule has 3 unspecified atom stereocenters. The van der Waals surface area contributed by atoms with Crippen molar-refractivity contribution in [2.24, 2.45) is 0 Å². The van der Waals surface area contributed by atoms with Gasteiger partial charge in [0, 0.05) is 12.0 Å². The number of carbonyl (C=O) groups is 1. The normalized spacial score (nSPS) is 22.5. The molecule has 1 saturated heterocycles. The van der Waals surface area contributed by atoms with Crippen LogP contribution >= 0.6 is 0 Å². The highest BCUT2D eigenvalue weighted by molar-refractivity contribution is 5.65. The molecule has 5 nitrogen and oxygen atoms in total. The van der Waals surface area contributed by atoms with Crippen LogP contribution in [0.4, 0.5) is 4.79 Å². The third-order valence-corrected chi connectivity index (χ3v) is 3.32. The van der Waals surface area contributed by atoms with Crippen LogP contribution in [0.1, 0.15) is 18.4 Å². The Bertz CT molecular complexity index is 403. The molecular formula is C14H19NO4. The smallest absolute Gasteiger partial charge is 0.404 e. The second-order valence-corrected chi connectivity index (χ2v) is 4.66. The molecular weight excluding hydrogens is 246 g/mol. The third kappa shape index (κ3) is 3.68. The molecule has 1 aliphatic heterocycles. The summed E-state index contributed by atoms with van der Waals surface area (Å²) in [4.78, 5) is 10.8. The van der Waals surface area contributed by atoms with E-state index in [0.717, 1.165) is 5.56 Å². The van der Waals surface area contributed by atoms with Gasteiger partial charge < -0.3 is 19.9 Å². The van der Waals surface area contributed by atoms with Gasteiger partial charge in [-0.05, 0) is 12.5 Å². The van der Waals surface area contributed by atoms with E-state index in [4.69, 9.17) is 14.6 Å². The maximum absolute atomic E-state index is 10.8. The zero-order valence-electron chi connectivity index (χ0n) is 10.9. The maximum atomic E-state index is 10.8. The average Bonchev–Trinajstić information content (AvgIpc) is 2.40. The first kappa shape index (κ1) is 13.8. The Morgan fingerprint density at radius 2 is 2.11 bits per heavy atom. The van der Waals surface area contributed by atoms with Crippen molar-refractivity contribution in [2.75, 3.05) is 19.8 Å². The molecule has 0 bridgehead atoms. The predicted octanol–water partition coefficient (Wildman–Crippen LogP) is 1.84. The molecule has 0 radical (unpaired) electrons. The summed E-state index contributed by atoms with van der Waals surface area (Å²) in [5, 5.41) is 11.4. The van der Waals surface area contributed by atoms with Gasteiger partial charge in [0.05, 0.1) is 25.9 Å². The minimum Gasteiger partial charge on any atom is -0.465 e. The molecule has 1 aromatic carbocycles. The van der Waals surface area contributed by atoms with E-state index in [9.17, 15) is 4.79 Å².